The maximum absolute atomic E-state index is 12.7. The summed E-state index contributed by atoms with van der Waals surface area (Å²) >= 11 is 0. The zero-order chi connectivity index (χ0) is 13.2. The minimum absolute atomic E-state index is 0.221. The first-order valence-electron chi connectivity index (χ1n) is 5.93. The van der Waals surface area contributed by atoms with Crippen LogP contribution in [0.1, 0.15) is 31.2 Å². The molecule has 1 fully saturated rings. The summed E-state index contributed by atoms with van der Waals surface area (Å²) in [5.74, 6) is -0.368. The Morgan fingerprint density at radius 1 is 1.28 bits per heavy atom. The smallest absolute Gasteiger partial charge is 0.421 e. The Hall–Kier alpha value is -1.30. The van der Waals surface area contributed by atoms with E-state index in [1.54, 1.807) is 0 Å². The van der Waals surface area contributed by atoms with Crippen molar-refractivity contribution < 1.29 is 17.9 Å². The molecule has 1 aliphatic rings. The number of pyridine rings is 1. The Labute approximate surface area is 103 Å². The number of nitrogens with two attached hydrogens (primary N) is 1. The molecular formula is C12H15F3N2O. The number of alkyl halides is 3. The van der Waals surface area contributed by atoms with Crippen molar-refractivity contribution in [3.63, 3.8) is 0 Å². The molecule has 0 aromatic carbocycles. The second-order valence-electron chi connectivity index (χ2n) is 4.46. The molecule has 2 atom stereocenters. The molecule has 1 aliphatic carbocycles. The summed E-state index contributed by atoms with van der Waals surface area (Å²) < 4.78 is 43.6. The minimum Gasteiger partial charge on any atom is -0.472 e. The zero-order valence-corrected chi connectivity index (χ0v) is 9.78. The lowest BCUT2D eigenvalue weighted by atomic mass is 9.93. The number of halogens is 3. The summed E-state index contributed by atoms with van der Waals surface area (Å²) in [4.78, 5) is 3.68. The van der Waals surface area contributed by atoms with Crippen LogP contribution < -0.4 is 10.5 Å². The third kappa shape index (κ3) is 2.93. The van der Waals surface area contributed by atoms with Crippen molar-refractivity contribution in [2.24, 2.45) is 5.73 Å². The highest BCUT2D eigenvalue weighted by Crippen LogP contribution is 2.35. The van der Waals surface area contributed by atoms with Gasteiger partial charge in [-0.15, -0.1) is 0 Å². The molecule has 100 valence electrons. The van der Waals surface area contributed by atoms with Gasteiger partial charge in [0, 0.05) is 12.2 Å². The third-order valence-electron chi connectivity index (χ3n) is 3.09. The monoisotopic (exact) mass is 260 g/mol. The van der Waals surface area contributed by atoms with Crippen LogP contribution in [-0.4, -0.2) is 17.1 Å². The van der Waals surface area contributed by atoms with Crippen molar-refractivity contribution in [1.29, 1.82) is 0 Å². The first kappa shape index (κ1) is 13.1. The van der Waals surface area contributed by atoms with Gasteiger partial charge in [0.2, 0.25) is 5.88 Å². The molecule has 18 heavy (non-hydrogen) atoms. The molecule has 0 bridgehead atoms. The van der Waals surface area contributed by atoms with Gasteiger partial charge in [-0.05, 0) is 31.4 Å². The molecule has 2 unspecified atom stereocenters. The number of rotatable bonds is 2. The molecule has 0 amide bonds. The summed E-state index contributed by atoms with van der Waals surface area (Å²) in [7, 11) is 0. The van der Waals surface area contributed by atoms with Gasteiger partial charge in [0.05, 0.1) is 0 Å². The molecule has 1 saturated carbocycles. The predicted molar refractivity (Wildman–Crippen MR) is 60.1 cm³/mol. The lowest BCUT2D eigenvalue weighted by Gasteiger charge is -2.29. The Morgan fingerprint density at radius 3 is 2.67 bits per heavy atom. The fraction of sp³-hybridized carbons (Fsp3) is 0.583. The molecule has 0 radical (unpaired) electrons. The maximum atomic E-state index is 12.7. The van der Waals surface area contributed by atoms with Gasteiger partial charge in [-0.3, -0.25) is 0 Å². The second-order valence-corrected chi connectivity index (χ2v) is 4.46. The molecule has 1 aromatic rings. The normalized spacial score (nSPS) is 24.9. The van der Waals surface area contributed by atoms with Crippen molar-refractivity contribution in [2.75, 3.05) is 0 Å². The SMILES string of the molecule is NC1CCCCC1Oc1ncccc1C(F)(F)F. The van der Waals surface area contributed by atoms with E-state index in [0.717, 1.165) is 25.3 Å². The van der Waals surface area contributed by atoms with Crippen molar-refractivity contribution in [3.8, 4) is 5.88 Å². The highest BCUT2D eigenvalue weighted by atomic mass is 19.4. The largest absolute Gasteiger partial charge is 0.472 e. The van der Waals surface area contributed by atoms with Gasteiger partial charge in [0.15, 0.2) is 0 Å². The summed E-state index contributed by atoms with van der Waals surface area (Å²) in [6, 6.07) is 1.99. The van der Waals surface area contributed by atoms with E-state index >= 15 is 0 Å². The highest BCUT2D eigenvalue weighted by Gasteiger charge is 2.36. The van der Waals surface area contributed by atoms with E-state index < -0.39 is 11.7 Å². The van der Waals surface area contributed by atoms with E-state index in [9.17, 15) is 13.2 Å². The molecule has 6 heteroatoms. The third-order valence-corrected chi connectivity index (χ3v) is 3.09. The van der Waals surface area contributed by atoms with E-state index in [-0.39, 0.29) is 18.0 Å². The quantitative estimate of drug-likeness (QED) is 0.889. The van der Waals surface area contributed by atoms with E-state index in [4.69, 9.17) is 10.5 Å². The number of ether oxygens (including phenoxy) is 1. The predicted octanol–water partition coefficient (Wildman–Crippen LogP) is 2.75. The lowest BCUT2D eigenvalue weighted by Crippen LogP contribution is -2.41. The lowest BCUT2D eigenvalue weighted by molar-refractivity contribution is -0.139. The first-order chi connectivity index (χ1) is 8.48. The van der Waals surface area contributed by atoms with Crippen LogP contribution in [0.5, 0.6) is 5.88 Å². The fourth-order valence-corrected chi connectivity index (χ4v) is 2.12. The molecular weight excluding hydrogens is 245 g/mol. The van der Waals surface area contributed by atoms with Crippen molar-refractivity contribution in [2.45, 2.75) is 44.0 Å². The summed E-state index contributed by atoms with van der Waals surface area (Å²) in [6.07, 6.45) is -0.174. The maximum Gasteiger partial charge on any atom is 0.421 e. The Kier molecular flexibility index (Phi) is 3.75. The van der Waals surface area contributed by atoms with Gasteiger partial charge in [0.25, 0.3) is 0 Å². The van der Waals surface area contributed by atoms with E-state index in [0.29, 0.717) is 6.42 Å². The second kappa shape index (κ2) is 5.14. The van der Waals surface area contributed by atoms with Gasteiger partial charge in [-0.25, -0.2) is 4.98 Å². The highest BCUT2D eigenvalue weighted by molar-refractivity contribution is 5.28. The fourth-order valence-electron chi connectivity index (χ4n) is 2.12. The summed E-state index contributed by atoms with van der Waals surface area (Å²) in [5, 5.41) is 0. The molecule has 2 N–H and O–H groups in total. The van der Waals surface area contributed by atoms with E-state index in [1.165, 1.54) is 12.3 Å². The summed E-state index contributed by atoms with van der Waals surface area (Å²) in [6.45, 7) is 0. The first-order valence-corrected chi connectivity index (χ1v) is 5.93. The number of nitrogens with zero attached hydrogens (tertiary/aromatic N) is 1. The van der Waals surface area contributed by atoms with Gasteiger partial charge < -0.3 is 10.5 Å². The molecule has 0 spiro atoms. The van der Waals surface area contributed by atoms with Crippen LogP contribution >= 0.6 is 0 Å². The average Bonchev–Trinajstić information content (AvgIpc) is 2.31. The van der Waals surface area contributed by atoms with Crippen LogP contribution in [0.4, 0.5) is 13.2 Å². The van der Waals surface area contributed by atoms with Crippen molar-refractivity contribution in [1.82, 2.24) is 4.98 Å². The molecule has 1 aromatic heterocycles. The Bertz CT molecular complexity index is 409. The van der Waals surface area contributed by atoms with Crippen LogP contribution in [0.15, 0.2) is 18.3 Å². The van der Waals surface area contributed by atoms with Gasteiger partial charge >= 0.3 is 6.18 Å². The van der Waals surface area contributed by atoms with Crippen molar-refractivity contribution in [3.05, 3.63) is 23.9 Å². The number of aromatic nitrogens is 1. The Morgan fingerprint density at radius 2 is 2.00 bits per heavy atom. The van der Waals surface area contributed by atoms with Crippen molar-refractivity contribution >= 4 is 0 Å². The molecule has 3 nitrogen and oxygen atoms in total. The Balaban J connectivity index is 2.18. The molecule has 0 aliphatic heterocycles. The summed E-state index contributed by atoms with van der Waals surface area (Å²) in [5.41, 5.74) is 5.01. The standard InChI is InChI=1S/C12H15F3N2O/c13-12(14,15)8-4-3-7-17-11(8)18-10-6-2-1-5-9(10)16/h3-4,7,9-10H,1-2,5-6,16H2. The van der Waals surface area contributed by atoms with Crippen LogP contribution in [0.25, 0.3) is 0 Å². The van der Waals surface area contributed by atoms with Gasteiger partial charge in [-0.1, -0.05) is 6.42 Å². The van der Waals surface area contributed by atoms with Crippen LogP contribution in [0.3, 0.4) is 0 Å². The van der Waals surface area contributed by atoms with E-state index in [2.05, 4.69) is 4.98 Å². The van der Waals surface area contributed by atoms with E-state index in [1.807, 2.05) is 0 Å². The minimum atomic E-state index is -4.46. The van der Waals surface area contributed by atoms with Crippen LogP contribution in [-0.2, 0) is 6.18 Å². The molecule has 0 saturated heterocycles. The number of hydrogen-bond donors (Lipinski definition) is 1. The van der Waals surface area contributed by atoms with Gasteiger partial charge in [-0.2, -0.15) is 13.2 Å². The molecule has 1 heterocycles. The van der Waals surface area contributed by atoms with Crippen LogP contribution in [0, 0.1) is 0 Å². The topological polar surface area (TPSA) is 48.1 Å². The van der Waals surface area contributed by atoms with Crippen LogP contribution in [0.2, 0.25) is 0 Å². The number of hydrogen-bond acceptors (Lipinski definition) is 3. The molecule has 2 rings (SSSR count). The van der Waals surface area contributed by atoms with Gasteiger partial charge in [0.1, 0.15) is 11.7 Å². The average molecular weight is 260 g/mol. The zero-order valence-electron chi connectivity index (χ0n) is 9.78.